The number of esters is 2. The maximum absolute atomic E-state index is 12.9. The molecule has 0 saturated carbocycles. The zero-order chi connectivity index (χ0) is 27.6. The highest BCUT2D eigenvalue weighted by molar-refractivity contribution is 5.87. The molecule has 3 heterocycles. The van der Waals surface area contributed by atoms with Gasteiger partial charge < -0.3 is 14.2 Å². The number of carbonyl (C=O) groups is 3. The van der Waals surface area contributed by atoms with E-state index in [4.69, 9.17) is 14.2 Å². The van der Waals surface area contributed by atoms with Crippen LogP contribution in [0.2, 0.25) is 0 Å². The summed E-state index contributed by atoms with van der Waals surface area (Å²) in [5.74, 6) is -1.92. The molecule has 2 aromatic heterocycles. The van der Waals surface area contributed by atoms with Gasteiger partial charge in [0.25, 0.3) is 11.5 Å². The zero-order valence-corrected chi connectivity index (χ0v) is 21.4. The van der Waals surface area contributed by atoms with Crippen molar-refractivity contribution >= 4 is 46.6 Å². The molecule has 1 amide bonds. The van der Waals surface area contributed by atoms with Crippen molar-refractivity contribution in [3.63, 3.8) is 0 Å². The molecule has 4 rings (SSSR count). The number of amides is 1. The largest absolute Gasteiger partial charge is 0.456 e. The van der Waals surface area contributed by atoms with Crippen molar-refractivity contribution in [1.29, 1.82) is 0 Å². The number of fused-ring (bicyclic) bond motifs is 1. The highest BCUT2D eigenvalue weighted by atomic mass is 16.6. The number of benzene rings is 1. The minimum absolute atomic E-state index is 0.0177. The van der Waals surface area contributed by atoms with Gasteiger partial charge >= 0.3 is 11.9 Å². The van der Waals surface area contributed by atoms with Gasteiger partial charge in [-0.3, -0.25) is 34.0 Å². The van der Waals surface area contributed by atoms with Gasteiger partial charge in [-0.15, -0.1) is 10.2 Å². The molecule has 4 atom stereocenters. The van der Waals surface area contributed by atoms with Crippen LogP contribution >= 0.6 is 0 Å². The fourth-order valence-corrected chi connectivity index (χ4v) is 4.11. The van der Waals surface area contributed by atoms with Crippen molar-refractivity contribution in [2.24, 2.45) is 10.2 Å². The number of aromatic amines is 1. The lowest BCUT2D eigenvalue weighted by atomic mass is 10.1. The Morgan fingerprint density at radius 2 is 1.71 bits per heavy atom. The molecule has 1 saturated heterocycles. The van der Waals surface area contributed by atoms with Gasteiger partial charge in [0.2, 0.25) is 11.9 Å². The lowest BCUT2D eigenvalue weighted by Gasteiger charge is -2.24. The second-order valence-corrected chi connectivity index (χ2v) is 8.71. The topological polar surface area (TPSA) is 179 Å². The third-order valence-electron chi connectivity index (χ3n) is 5.66. The van der Waals surface area contributed by atoms with Crippen LogP contribution in [0.1, 0.15) is 45.9 Å². The first kappa shape index (κ1) is 26.6. The quantitative estimate of drug-likeness (QED) is 0.346. The fourth-order valence-electron chi connectivity index (χ4n) is 4.11. The Labute approximate surface area is 216 Å². The molecular formula is C24H27N7O7. The number of imidazole rings is 1. The van der Waals surface area contributed by atoms with Crippen molar-refractivity contribution in [3.8, 4) is 0 Å². The zero-order valence-electron chi connectivity index (χ0n) is 21.4. The molecule has 1 aliphatic heterocycles. The number of aromatic nitrogens is 4. The molecule has 0 radical (unpaired) electrons. The minimum Gasteiger partial charge on any atom is -0.456 e. The summed E-state index contributed by atoms with van der Waals surface area (Å²) >= 11 is 0. The predicted octanol–water partition coefficient (Wildman–Crippen LogP) is 2.97. The van der Waals surface area contributed by atoms with Gasteiger partial charge in [-0.05, 0) is 25.5 Å². The first-order chi connectivity index (χ1) is 18.1. The minimum atomic E-state index is -1.15. The number of hydrogen-bond donors (Lipinski definition) is 2. The van der Waals surface area contributed by atoms with Gasteiger partial charge in [-0.2, -0.15) is 4.98 Å². The van der Waals surface area contributed by atoms with E-state index in [0.29, 0.717) is 12.1 Å². The van der Waals surface area contributed by atoms with E-state index in [0.717, 1.165) is 5.56 Å². The van der Waals surface area contributed by atoms with E-state index in [1.807, 2.05) is 26.0 Å². The molecule has 0 spiro atoms. The highest BCUT2D eigenvalue weighted by Gasteiger charge is 2.50. The van der Waals surface area contributed by atoms with Gasteiger partial charge in [-0.25, -0.2) is 4.98 Å². The van der Waals surface area contributed by atoms with Gasteiger partial charge in [0.15, 0.2) is 29.6 Å². The fraction of sp³-hybridized carbons (Fsp3) is 0.417. The second-order valence-electron chi connectivity index (χ2n) is 8.71. The molecular weight excluding hydrogens is 498 g/mol. The summed E-state index contributed by atoms with van der Waals surface area (Å²) < 4.78 is 18.6. The highest BCUT2D eigenvalue weighted by Crippen LogP contribution is 2.39. The molecule has 1 aliphatic rings. The Kier molecular flexibility index (Phi) is 7.62. The Morgan fingerprint density at radius 3 is 2.32 bits per heavy atom. The number of H-pyrrole nitrogens is 1. The SMILES string of the molecule is CC[C@H]1O[C@@H](n2c(N=Nc3ccc(C)cc3)nc3c(=O)[nH]c(NC(C)=O)nc32)C(OC(C)=O)[C@H]1OC(C)=O. The third-order valence-corrected chi connectivity index (χ3v) is 5.66. The summed E-state index contributed by atoms with van der Waals surface area (Å²) in [7, 11) is 0. The van der Waals surface area contributed by atoms with Crippen molar-refractivity contribution in [3.05, 3.63) is 40.2 Å². The van der Waals surface area contributed by atoms with E-state index < -0.39 is 47.9 Å². The van der Waals surface area contributed by atoms with E-state index in [-0.39, 0.29) is 23.1 Å². The maximum atomic E-state index is 12.9. The molecule has 14 nitrogen and oxygen atoms in total. The van der Waals surface area contributed by atoms with Crippen molar-refractivity contribution < 1.29 is 28.6 Å². The number of carbonyl (C=O) groups excluding carboxylic acids is 3. The molecule has 14 heteroatoms. The van der Waals surface area contributed by atoms with Crippen LogP contribution in [0.4, 0.5) is 17.6 Å². The third kappa shape index (κ3) is 5.59. The second kappa shape index (κ2) is 10.9. The summed E-state index contributed by atoms with van der Waals surface area (Å²) in [6, 6.07) is 7.22. The van der Waals surface area contributed by atoms with Crippen molar-refractivity contribution in [1.82, 2.24) is 19.5 Å². The smallest absolute Gasteiger partial charge is 0.303 e. The van der Waals surface area contributed by atoms with Crippen LogP contribution in [0.3, 0.4) is 0 Å². The lowest BCUT2D eigenvalue weighted by molar-refractivity contribution is -0.165. The normalized spacial score (nSPS) is 21.1. The first-order valence-electron chi connectivity index (χ1n) is 11.9. The summed E-state index contributed by atoms with van der Waals surface area (Å²) in [4.78, 5) is 59.5. The summed E-state index contributed by atoms with van der Waals surface area (Å²) in [5, 5.41) is 10.9. The molecule has 200 valence electrons. The molecule has 0 aliphatic carbocycles. The van der Waals surface area contributed by atoms with Gasteiger partial charge in [-0.1, -0.05) is 24.6 Å². The van der Waals surface area contributed by atoms with E-state index in [1.54, 1.807) is 12.1 Å². The Bertz CT molecular complexity index is 1460. The molecule has 1 fully saturated rings. The van der Waals surface area contributed by atoms with Crippen LogP contribution in [-0.4, -0.2) is 55.7 Å². The van der Waals surface area contributed by atoms with Crippen LogP contribution < -0.4 is 10.9 Å². The van der Waals surface area contributed by atoms with Gasteiger partial charge in [0.05, 0.1) is 5.69 Å². The lowest BCUT2D eigenvalue weighted by Crippen LogP contribution is -2.38. The average molecular weight is 526 g/mol. The summed E-state index contributed by atoms with van der Waals surface area (Å²) in [6.45, 7) is 7.45. The van der Waals surface area contributed by atoms with Crippen LogP contribution in [0.5, 0.6) is 0 Å². The first-order valence-corrected chi connectivity index (χ1v) is 11.9. The Balaban J connectivity index is 1.92. The Morgan fingerprint density at radius 1 is 1.05 bits per heavy atom. The molecule has 1 aromatic carbocycles. The maximum Gasteiger partial charge on any atom is 0.303 e. The van der Waals surface area contributed by atoms with Crippen molar-refractivity contribution in [2.75, 3.05) is 5.32 Å². The molecule has 2 N–H and O–H groups in total. The van der Waals surface area contributed by atoms with Crippen molar-refractivity contribution in [2.45, 2.75) is 65.6 Å². The van der Waals surface area contributed by atoms with Crippen LogP contribution in [-0.2, 0) is 28.6 Å². The standard InChI is InChI=1S/C24H27N7O7/c1-6-16-18(36-13(4)33)19(37-14(5)34)22(38-16)31-20-17(21(35)28-23(27-20)25-12(3)32)26-24(31)30-29-15-9-7-11(2)8-10-15/h7-10,16,18-19,22H,6H2,1-5H3,(H2,25,27,28,32,35)/t16-,18+,19?,22-/m1/s1. The number of hydrogen-bond acceptors (Lipinski definition) is 11. The van der Waals surface area contributed by atoms with Crippen LogP contribution in [0, 0.1) is 6.92 Å². The Hall–Kier alpha value is -4.46. The molecule has 3 aromatic rings. The monoisotopic (exact) mass is 525 g/mol. The number of anilines is 1. The van der Waals surface area contributed by atoms with Gasteiger partial charge in [0.1, 0.15) is 6.10 Å². The van der Waals surface area contributed by atoms with E-state index in [9.17, 15) is 19.2 Å². The number of azo groups is 1. The number of nitrogens with one attached hydrogen (secondary N) is 2. The molecule has 0 bridgehead atoms. The number of rotatable bonds is 7. The predicted molar refractivity (Wildman–Crippen MR) is 133 cm³/mol. The summed E-state index contributed by atoms with van der Waals surface area (Å²) in [5.41, 5.74) is 0.753. The van der Waals surface area contributed by atoms with E-state index in [2.05, 4.69) is 30.5 Å². The van der Waals surface area contributed by atoms with Crippen LogP contribution in [0.15, 0.2) is 39.3 Å². The van der Waals surface area contributed by atoms with Gasteiger partial charge in [0, 0.05) is 20.8 Å². The van der Waals surface area contributed by atoms with Crippen LogP contribution in [0.25, 0.3) is 11.2 Å². The summed E-state index contributed by atoms with van der Waals surface area (Å²) in [6.07, 6.45) is -3.49. The number of ether oxygens (including phenoxy) is 3. The van der Waals surface area contributed by atoms with E-state index >= 15 is 0 Å². The van der Waals surface area contributed by atoms with E-state index in [1.165, 1.54) is 25.3 Å². The molecule has 38 heavy (non-hydrogen) atoms. The molecule has 1 unspecified atom stereocenters. The number of aryl methyl sites for hydroxylation is 1. The number of nitrogens with zero attached hydrogens (tertiary/aromatic N) is 5. The average Bonchev–Trinajstić information content (AvgIpc) is 3.35.